The van der Waals surface area contributed by atoms with Crippen LogP contribution in [0.1, 0.15) is 83.2 Å². The lowest BCUT2D eigenvalue weighted by atomic mass is 9.75. The third kappa shape index (κ3) is 4.60. The van der Waals surface area contributed by atoms with E-state index in [-0.39, 0.29) is 23.1 Å². The molecule has 6 nitrogen and oxygen atoms in total. The summed E-state index contributed by atoms with van der Waals surface area (Å²) in [5, 5.41) is 3.15. The Bertz CT molecular complexity index is 984. The molecule has 1 amide bonds. The lowest BCUT2D eigenvalue weighted by Crippen LogP contribution is -2.40. The number of ether oxygens (including phenoxy) is 1. The number of piperidine rings is 1. The summed E-state index contributed by atoms with van der Waals surface area (Å²) < 4.78 is 5.31. The fourth-order valence-electron chi connectivity index (χ4n) is 5.25. The molecule has 2 N–H and O–H groups in total. The summed E-state index contributed by atoms with van der Waals surface area (Å²) in [6.07, 6.45) is 4.93. The molecule has 0 radical (unpaired) electrons. The minimum Gasteiger partial charge on any atom is -0.497 e. The summed E-state index contributed by atoms with van der Waals surface area (Å²) in [6.45, 7) is 8.67. The summed E-state index contributed by atoms with van der Waals surface area (Å²) in [7, 11) is 1.67. The summed E-state index contributed by atoms with van der Waals surface area (Å²) in [6, 6.07) is 8.23. The molecule has 4 rings (SSSR count). The number of carbonyl (C=O) groups is 2. The lowest BCUT2D eigenvalue weighted by molar-refractivity contribution is 0.0906. The Hall–Kier alpha value is -2.60. The van der Waals surface area contributed by atoms with Crippen LogP contribution in [-0.4, -0.2) is 48.3 Å². The molecule has 1 aromatic heterocycles. The third-order valence-corrected chi connectivity index (χ3v) is 6.92. The van der Waals surface area contributed by atoms with Gasteiger partial charge in [0.1, 0.15) is 11.4 Å². The fraction of sp³-hybridized carbons (Fsp3) is 0.538. The average molecular weight is 438 g/mol. The van der Waals surface area contributed by atoms with E-state index in [0.717, 1.165) is 42.1 Å². The van der Waals surface area contributed by atoms with Gasteiger partial charge in [-0.1, -0.05) is 32.4 Å². The van der Waals surface area contributed by atoms with E-state index in [0.29, 0.717) is 18.7 Å². The lowest BCUT2D eigenvalue weighted by Gasteiger charge is -2.35. The van der Waals surface area contributed by atoms with Gasteiger partial charge in [-0.3, -0.25) is 14.5 Å². The standard InChI is InChI=1S/C26H35N3O3/c1-17-23-20(14-26(2,3)15-22(23)30)28-24(17)25(31)27-16-21(29-12-6-5-7-13-29)18-8-10-19(32-4)11-9-18/h8-11,21,28H,5-7,12-16H2,1-4H3,(H,27,31). The van der Waals surface area contributed by atoms with E-state index >= 15 is 0 Å². The van der Waals surface area contributed by atoms with Crippen molar-refractivity contribution >= 4 is 11.7 Å². The molecule has 172 valence electrons. The third-order valence-electron chi connectivity index (χ3n) is 6.92. The van der Waals surface area contributed by atoms with Crippen molar-refractivity contribution in [2.45, 2.75) is 58.9 Å². The highest BCUT2D eigenvalue weighted by Gasteiger charge is 2.35. The first-order valence-electron chi connectivity index (χ1n) is 11.7. The van der Waals surface area contributed by atoms with Crippen molar-refractivity contribution in [2.24, 2.45) is 5.41 Å². The number of hydrogen-bond acceptors (Lipinski definition) is 4. The second-order valence-electron chi connectivity index (χ2n) is 10.0. The van der Waals surface area contributed by atoms with Crippen molar-refractivity contribution in [3.8, 4) is 5.75 Å². The van der Waals surface area contributed by atoms with Crippen LogP contribution in [0.15, 0.2) is 24.3 Å². The number of ketones is 1. The fourth-order valence-corrected chi connectivity index (χ4v) is 5.25. The predicted octanol–water partition coefficient (Wildman–Crippen LogP) is 4.44. The maximum absolute atomic E-state index is 13.2. The zero-order valence-electron chi connectivity index (χ0n) is 19.7. The number of rotatable bonds is 6. The normalized spacial score (nSPS) is 19.3. The van der Waals surface area contributed by atoms with E-state index < -0.39 is 0 Å². The number of methoxy groups -OCH3 is 1. The number of nitrogens with zero attached hydrogens (tertiary/aromatic N) is 1. The first-order chi connectivity index (χ1) is 15.3. The molecule has 2 heterocycles. The Labute approximate surface area is 190 Å². The Kier molecular flexibility index (Phi) is 6.42. The SMILES string of the molecule is COc1ccc(C(CNC(=O)c2[nH]c3c(c2C)C(=O)CC(C)(C)C3)N2CCCCC2)cc1. The van der Waals surface area contributed by atoms with Crippen molar-refractivity contribution in [1.82, 2.24) is 15.2 Å². The summed E-state index contributed by atoms with van der Waals surface area (Å²) in [5.74, 6) is 0.821. The molecule has 0 bridgehead atoms. The molecule has 2 aliphatic rings. The maximum Gasteiger partial charge on any atom is 0.268 e. The van der Waals surface area contributed by atoms with Crippen molar-refractivity contribution in [1.29, 1.82) is 0 Å². The molecule has 32 heavy (non-hydrogen) atoms. The maximum atomic E-state index is 13.2. The second kappa shape index (κ2) is 9.10. The van der Waals surface area contributed by atoms with Gasteiger partial charge in [0.05, 0.1) is 13.2 Å². The molecular formula is C26H35N3O3. The number of Topliss-reactive ketones (excluding diaryl/α,β-unsaturated/α-hetero) is 1. The Morgan fingerprint density at radius 2 is 1.84 bits per heavy atom. The van der Waals surface area contributed by atoms with Crippen molar-refractivity contribution in [2.75, 3.05) is 26.7 Å². The van der Waals surface area contributed by atoms with Crippen LogP contribution in [0, 0.1) is 12.3 Å². The number of carbonyl (C=O) groups excluding carboxylic acids is 2. The van der Waals surface area contributed by atoms with Gasteiger partial charge in [0.25, 0.3) is 5.91 Å². The van der Waals surface area contributed by atoms with Gasteiger partial charge in [-0.15, -0.1) is 0 Å². The van der Waals surface area contributed by atoms with Gasteiger partial charge in [-0.05, 0) is 68.0 Å². The molecule has 1 saturated heterocycles. The minimum atomic E-state index is -0.141. The summed E-state index contributed by atoms with van der Waals surface area (Å²) in [5.41, 5.74) is 4.01. The molecule has 1 aliphatic carbocycles. The van der Waals surface area contributed by atoms with E-state index in [1.807, 2.05) is 19.1 Å². The van der Waals surface area contributed by atoms with Gasteiger partial charge in [0, 0.05) is 24.2 Å². The molecular weight excluding hydrogens is 402 g/mol. The van der Waals surface area contributed by atoms with Crippen molar-refractivity contribution < 1.29 is 14.3 Å². The number of hydrogen-bond donors (Lipinski definition) is 2. The van der Waals surface area contributed by atoms with Gasteiger partial charge in [0.15, 0.2) is 5.78 Å². The number of fused-ring (bicyclic) bond motifs is 1. The number of benzene rings is 1. The molecule has 6 heteroatoms. The zero-order chi connectivity index (χ0) is 22.9. The number of aromatic nitrogens is 1. The number of amides is 1. The average Bonchev–Trinajstić information content (AvgIpc) is 3.10. The van der Waals surface area contributed by atoms with Crippen molar-refractivity contribution in [3.05, 3.63) is 52.3 Å². The van der Waals surface area contributed by atoms with Crippen molar-refractivity contribution in [3.63, 3.8) is 0 Å². The van der Waals surface area contributed by atoms with Gasteiger partial charge >= 0.3 is 0 Å². The van der Waals surface area contributed by atoms with Crippen LogP contribution in [0.3, 0.4) is 0 Å². The number of H-pyrrole nitrogens is 1. The molecule has 0 saturated carbocycles. The van der Waals surface area contributed by atoms with Gasteiger partial charge < -0.3 is 15.0 Å². The molecule has 1 atom stereocenters. The van der Waals surface area contributed by atoms with E-state index in [1.165, 1.54) is 24.8 Å². The van der Waals surface area contributed by atoms with Gasteiger partial charge in [0.2, 0.25) is 0 Å². The Morgan fingerprint density at radius 3 is 2.50 bits per heavy atom. The van der Waals surface area contributed by atoms with Crippen LogP contribution in [-0.2, 0) is 6.42 Å². The Morgan fingerprint density at radius 1 is 1.16 bits per heavy atom. The van der Waals surface area contributed by atoms with Crippen LogP contribution in [0.25, 0.3) is 0 Å². The Balaban J connectivity index is 1.53. The second-order valence-corrected chi connectivity index (χ2v) is 10.0. The monoisotopic (exact) mass is 437 g/mol. The van der Waals surface area contributed by atoms with Crippen LogP contribution < -0.4 is 10.1 Å². The quantitative estimate of drug-likeness (QED) is 0.700. The molecule has 2 aromatic rings. The van der Waals surface area contributed by atoms with Crippen LogP contribution in [0.2, 0.25) is 0 Å². The van der Waals surface area contributed by atoms with E-state index in [9.17, 15) is 9.59 Å². The van der Waals surface area contributed by atoms with Crippen LogP contribution in [0.5, 0.6) is 5.75 Å². The highest BCUT2D eigenvalue weighted by molar-refractivity contribution is 6.04. The molecule has 1 unspecified atom stereocenters. The van der Waals surface area contributed by atoms with Crippen LogP contribution >= 0.6 is 0 Å². The van der Waals surface area contributed by atoms with E-state index in [2.05, 4.69) is 41.2 Å². The summed E-state index contributed by atoms with van der Waals surface area (Å²) in [4.78, 5) is 31.6. The highest BCUT2D eigenvalue weighted by atomic mass is 16.5. The van der Waals surface area contributed by atoms with Gasteiger partial charge in [-0.25, -0.2) is 0 Å². The number of likely N-dealkylation sites (tertiary alicyclic amines) is 1. The zero-order valence-corrected chi connectivity index (χ0v) is 19.7. The van der Waals surface area contributed by atoms with E-state index in [1.54, 1.807) is 7.11 Å². The topological polar surface area (TPSA) is 74.4 Å². The minimum absolute atomic E-state index is 0.0805. The predicted molar refractivity (Wildman–Crippen MR) is 125 cm³/mol. The molecule has 0 spiro atoms. The first-order valence-corrected chi connectivity index (χ1v) is 11.7. The largest absolute Gasteiger partial charge is 0.497 e. The molecule has 1 fully saturated rings. The first kappa shape index (κ1) is 22.6. The van der Waals surface area contributed by atoms with Gasteiger partial charge in [-0.2, -0.15) is 0 Å². The molecule has 1 aliphatic heterocycles. The summed E-state index contributed by atoms with van der Waals surface area (Å²) >= 11 is 0. The molecule has 1 aromatic carbocycles. The van der Waals surface area contributed by atoms with E-state index in [4.69, 9.17) is 4.74 Å². The smallest absolute Gasteiger partial charge is 0.268 e. The highest BCUT2D eigenvalue weighted by Crippen LogP contribution is 2.36. The number of nitrogens with one attached hydrogen (secondary N) is 2. The van der Waals surface area contributed by atoms with Crippen LogP contribution in [0.4, 0.5) is 0 Å². The number of aromatic amines is 1.